The van der Waals surface area contributed by atoms with Crippen molar-refractivity contribution in [3.05, 3.63) is 29.6 Å². The molecule has 0 unspecified atom stereocenters. The molecule has 0 aromatic carbocycles. The quantitative estimate of drug-likeness (QED) is 0.548. The van der Waals surface area contributed by atoms with Gasteiger partial charge in [0.2, 0.25) is 0 Å². The molecule has 1 aliphatic heterocycles. The highest BCUT2D eigenvalue weighted by Crippen LogP contribution is 2.10. The van der Waals surface area contributed by atoms with Gasteiger partial charge in [-0.1, -0.05) is 0 Å². The minimum Gasteiger partial charge on any atom is -0.377 e. The minimum atomic E-state index is 0.319. The van der Waals surface area contributed by atoms with Crippen LogP contribution in [0.15, 0.2) is 23.5 Å². The Kier molecular flexibility index (Phi) is 8.85. The standard InChI is InChI=1S/C20H35N5O/c1-16(2)26-14-13-25-11-7-19(8-12-25)24-20(21-4)23-10-6-18-5-9-22-15-17(18)3/h5,9,15-16,19H,6-8,10-14H2,1-4H3,(H2,21,23,24). The first-order valence-electron chi connectivity index (χ1n) is 9.79. The molecule has 1 fully saturated rings. The molecule has 1 saturated heterocycles. The fourth-order valence-corrected chi connectivity index (χ4v) is 3.20. The van der Waals surface area contributed by atoms with E-state index in [9.17, 15) is 0 Å². The summed E-state index contributed by atoms with van der Waals surface area (Å²) in [4.78, 5) is 11.0. The van der Waals surface area contributed by atoms with Crippen LogP contribution in [0.2, 0.25) is 0 Å². The number of hydrogen-bond acceptors (Lipinski definition) is 4. The molecular weight excluding hydrogens is 326 g/mol. The van der Waals surface area contributed by atoms with Crippen molar-refractivity contribution in [3.8, 4) is 0 Å². The average Bonchev–Trinajstić information content (AvgIpc) is 2.63. The van der Waals surface area contributed by atoms with Crippen LogP contribution in [-0.2, 0) is 11.2 Å². The second-order valence-corrected chi connectivity index (χ2v) is 7.23. The summed E-state index contributed by atoms with van der Waals surface area (Å²) in [5, 5.41) is 7.01. The summed E-state index contributed by atoms with van der Waals surface area (Å²) >= 11 is 0. The fraction of sp³-hybridized carbons (Fsp3) is 0.700. The van der Waals surface area contributed by atoms with Crippen molar-refractivity contribution in [2.24, 2.45) is 4.99 Å². The van der Waals surface area contributed by atoms with Crippen LogP contribution in [0, 0.1) is 6.92 Å². The lowest BCUT2D eigenvalue weighted by Gasteiger charge is -2.33. The molecule has 0 aliphatic carbocycles. The Morgan fingerprint density at radius 3 is 2.81 bits per heavy atom. The Morgan fingerprint density at radius 2 is 2.15 bits per heavy atom. The van der Waals surface area contributed by atoms with Crippen molar-refractivity contribution >= 4 is 5.96 Å². The molecule has 2 N–H and O–H groups in total. The van der Waals surface area contributed by atoms with Crippen LogP contribution < -0.4 is 10.6 Å². The number of nitrogens with one attached hydrogen (secondary N) is 2. The summed E-state index contributed by atoms with van der Waals surface area (Å²) in [6.07, 6.45) is 7.36. The number of aryl methyl sites for hydroxylation is 1. The van der Waals surface area contributed by atoms with Crippen molar-refractivity contribution in [3.63, 3.8) is 0 Å². The van der Waals surface area contributed by atoms with E-state index in [2.05, 4.69) is 52.3 Å². The number of pyridine rings is 1. The van der Waals surface area contributed by atoms with E-state index in [1.54, 1.807) is 0 Å². The van der Waals surface area contributed by atoms with Gasteiger partial charge in [0.1, 0.15) is 0 Å². The van der Waals surface area contributed by atoms with E-state index in [-0.39, 0.29) is 0 Å². The summed E-state index contributed by atoms with van der Waals surface area (Å²) < 4.78 is 5.65. The largest absolute Gasteiger partial charge is 0.377 e. The topological polar surface area (TPSA) is 61.8 Å². The maximum Gasteiger partial charge on any atom is 0.191 e. The Bertz CT molecular complexity index is 553. The van der Waals surface area contributed by atoms with Gasteiger partial charge in [-0.3, -0.25) is 9.98 Å². The molecule has 1 aromatic rings. The molecule has 0 radical (unpaired) electrons. The highest BCUT2D eigenvalue weighted by Gasteiger charge is 2.19. The summed E-state index contributed by atoms with van der Waals surface area (Å²) in [5.41, 5.74) is 2.57. The Morgan fingerprint density at radius 1 is 1.38 bits per heavy atom. The van der Waals surface area contributed by atoms with Crippen LogP contribution in [0.3, 0.4) is 0 Å². The number of nitrogens with zero attached hydrogens (tertiary/aromatic N) is 3. The van der Waals surface area contributed by atoms with Crippen LogP contribution >= 0.6 is 0 Å². The van der Waals surface area contributed by atoms with Gasteiger partial charge in [0.05, 0.1) is 12.7 Å². The molecule has 0 bridgehead atoms. The average molecular weight is 362 g/mol. The fourth-order valence-electron chi connectivity index (χ4n) is 3.20. The van der Waals surface area contributed by atoms with Crippen LogP contribution in [0.1, 0.15) is 37.8 Å². The van der Waals surface area contributed by atoms with Crippen LogP contribution in [0.4, 0.5) is 0 Å². The second kappa shape index (κ2) is 11.1. The maximum absolute atomic E-state index is 5.65. The van der Waals surface area contributed by atoms with Crippen molar-refractivity contribution in [1.82, 2.24) is 20.5 Å². The zero-order valence-electron chi connectivity index (χ0n) is 16.8. The molecule has 1 aliphatic rings. The molecule has 0 spiro atoms. The summed E-state index contributed by atoms with van der Waals surface area (Å²) in [7, 11) is 1.84. The zero-order valence-corrected chi connectivity index (χ0v) is 16.8. The molecule has 26 heavy (non-hydrogen) atoms. The molecule has 0 atom stereocenters. The van der Waals surface area contributed by atoms with Crippen molar-refractivity contribution in [1.29, 1.82) is 0 Å². The SMILES string of the molecule is CN=C(NCCc1ccncc1C)NC1CCN(CCOC(C)C)CC1. The van der Waals surface area contributed by atoms with Crippen molar-refractivity contribution in [2.75, 3.05) is 39.8 Å². The highest BCUT2D eigenvalue weighted by molar-refractivity contribution is 5.79. The number of aromatic nitrogens is 1. The number of rotatable bonds is 8. The molecule has 0 saturated carbocycles. The zero-order chi connectivity index (χ0) is 18.8. The first-order valence-corrected chi connectivity index (χ1v) is 9.79. The lowest BCUT2D eigenvalue weighted by Crippen LogP contribution is -2.49. The molecule has 146 valence electrons. The third-order valence-corrected chi connectivity index (χ3v) is 4.83. The van der Waals surface area contributed by atoms with Gasteiger partial charge in [0.25, 0.3) is 0 Å². The third-order valence-electron chi connectivity index (χ3n) is 4.83. The predicted octanol–water partition coefficient (Wildman–Crippen LogP) is 1.99. The number of aliphatic imine (C=N–C) groups is 1. The van der Waals surface area contributed by atoms with Gasteiger partial charge in [-0.25, -0.2) is 0 Å². The van der Waals surface area contributed by atoms with Crippen molar-refractivity contribution < 1.29 is 4.74 Å². The molecule has 2 heterocycles. The van der Waals surface area contributed by atoms with Gasteiger partial charge in [-0.2, -0.15) is 0 Å². The van der Waals surface area contributed by atoms with E-state index >= 15 is 0 Å². The van der Waals surface area contributed by atoms with Crippen LogP contribution in [0.5, 0.6) is 0 Å². The van der Waals surface area contributed by atoms with E-state index in [0.717, 1.165) is 58.0 Å². The molecular formula is C20H35N5O. The second-order valence-electron chi connectivity index (χ2n) is 7.23. The summed E-state index contributed by atoms with van der Waals surface area (Å²) in [6, 6.07) is 2.58. The molecule has 6 nitrogen and oxygen atoms in total. The number of ether oxygens (including phenoxy) is 1. The minimum absolute atomic E-state index is 0.319. The first kappa shape index (κ1) is 20.6. The Hall–Kier alpha value is -1.66. The van der Waals surface area contributed by atoms with Crippen molar-refractivity contribution in [2.45, 2.75) is 52.2 Å². The number of hydrogen-bond donors (Lipinski definition) is 2. The molecule has 1 aromatic heterocycles. The highest BCUT2D eigenvalue weighted by atomic mass is 16.5. The smallest absolute Gasteiger partial charge is 0.191 e. The lowest BCUT2D eigenvalue weighted by molar-refractivity contribution is 0.0532. The van der Waals surface area contributed by atoms with Gasteiger partial charge in [-0.15, -0.1) is 0 Å². The predicted molar refractivity (Wildman–Crippen MR) is 108 cm³/mol. The van der Waals surface area contributed by atoms with Crippen LogP contribution in [0.25, 0.3) is 0 Å². The van der Waals surface area contributed by atoms with Gasteiger partial charge in [0, 0.05) is 51.7 Å². The third kappa shape index (κ3) is 7.30. The van der Waals surface area contributed by atoms with Gasteiger partial charge >= 0.3 is 0 Å². The summed E-state index contributed by atoms with van der Waals surface area (Å²) in [6.45, 7) is 11.2. The Labute approximate surface area is 158 Å². The van der Waals surface area contributed by atoms with Gasteiger partial charge in [-0.05, 0) is 57.2 Å². The van der Waals surface area contributed by atoms with E-state index in [0.29, 0.717) is 12.1 Å². The number of piperidine rings is 1. The number of likely N-dealkylation sites (tertiary alicyclic amines) is 1. The van der Waals surface area contributed by atoms with Gasteiger partial charge in [0.15, 0.2) is 5.96 Å². The summed E-state index contributed by atoms with van der Waals surface area (Å²) in [5.74, 6) is 0.901. The molecule has 2 rings (SSSR count). The molecule has 6 heteroatoms. The molecule has 0 amide bonds. The maximum atomic E-state index is 5.65. The van der Waals surface area contributed by atoms with E-state index in [4.69, 9.17) is 4.74 Å². The lowest BCUT2D eigenvalue weighted by atomic mass is 10.1. The normalized spacial score (nSPS) is 16.9. The van der Waals surface area contributed by atoms with Gasteiger partial charge < -0.3 is 20.3 Å². The van der Waals surface area contributed by atoms with E-state index in [1.807, 2.05) is 19.4 Å². The van der Waals surface area contributed by atoms with Crippen LogP contribution in [-0.4, -0.2) is 67.8 Å². The monoisotopic (exact) mass is 361 g/mol. The number of guanidine groups is 1. The van der Waals surface area contributed by atoms with E-state index in [1.165, 1.54) is 11.1 Å². The first-order chi connectivity index (χ1) is 12.6. The Balaban J connectivity index is 1.65. The van der Waals surface area contributed by atoms with E-state index < -0.39 is 0 Å².